The van der Waals surface area contributed by atoms with Gasteiger partial charge in [-0.1, -0.05) is 11.6 Å². The maximum Gasteiger partial charge on any atom is 0.0737 e. The Morgan fingerprint density at radius 2 is 2.13 bits per heavy atom. The highest BCUT2D eigenvalue weighted by Crippen LogP contribution is 2.25. The highest BCUT2D eigenvalue weighted by atomic mass is 35.5. The fourth-order valence-corrected chi connectivity index (χ4v) is 3.05. The SMILES string of the molecule is CC(CC=NN1CCCCC1)Nc1ccnc2cc(Cl)ccc12. The minimum absolute atomic E-state index is 0.310. The van der Waals surface area contributed by atoms with Gasteiger partial charge in [-0.15, -0.1) is 0 Å². The number of piperidine rings is 1. The smallest absolute Gasteiger partial charge is 0.0737 e. The van der Waals surface area contributed by atoms with Gasteiger partial charge in [-0.25, -0.2) is 0 Å². The first kappa shape index (κ1) is 16.1. The molecule has 1 atom stereocenters. The monoisotopic (exact) mass is 330 g/mol. The predicted octanol–water partition coefficient (Wildman–Crippen LogP) is 4.55. The Bertz CT molecular complexity index is 680. The molecule has 1 aliphatic rings. The Labute approximate surface area is 142 Å². The molecule has 0 amide bonds. The van der Waals surface area contributed by atoms with E-state index in [2.05, 4.69) is 27.3 Å². The van der Waals surface area contributed by atoms with E-state index in [1.165, 1.54) is 19.3 Å². The number of fused-ring (bicyclic) bond motifs is 1. The summed E-state index contributed by atoms with van der Waals surface area (Å²) in [5, 5.41) is 12.1. The molecule has 122 valence electrons. The number of halogens is 1. The van der Waals surface area contributed by atoms with Crippen LogP contribution in [0.3, 0.4) is 0 Å². The second-order valence-corrected chi connectivity index (χ2v) is 6.55. The molecule has 5 heteroatoms. The van der Waals surface area contributed by atoms with Crippen LogP contribution in [0.2, 0.25) is 5.02 Å². The average molecular weight is 331 g/mol. The summed E-state index contributed by atoms with van der Waals surface area (Å²) in [5.41, 5.74) is 2.00. The molecule has 0 aliphatic carbocycles. The molecule has 0 spiro atoms. The number of hydrogen-bond acceptors (Lipinski definition) is 4. The van der Waals surface area contributed by atoms with Crippen LogP contribution in [0.25, 0.3) is 10.9 Å². The zero-order valence-electron chi connectivity index (χ0n) is 13.5. The molecular formula is C18H23ClN4. The van der Waals surface area contributed by atoms with E-state index in [4.69, 9.17) is 11.6 Å². The summed E-state index contributed by atoms with van der Waals surface area (Å²) in [6, 6.07) is 8.13. The molecule has 1 fully saturated rings. The van der Waals surface area contributed by atoms with Crippen LogP contribution in [0, 0.1) is 0 Å². The minimum Gasteiger partial charge on any atom is -0.382 e. The van der Waals surface area contributed by atoms with Gasteiger partial charge in [0.05, 0.1) is 5.52 Å². The van der Waals surface area contributed by atoms with E-state index >= 15 is 0 Å². The van der Waals surface area contributed by atoms with Crippen LogP contribution in [0.5, 0.6) is 0 Å². The van der Waals surface area contributed by atoms with Gasteiger partial charge in [0.15, 0.2) is 0 Å². The Kier molecular flexibility index (Phi) is 5.34. The van der Waals surface area contributed by atoms with Crippen molar-refractivity contribution < 1.29 is 0 Å². The summed E-state index contributed by atoms with van der Waals surface area (Å²) < 4.78 is 0. The highest BCUT2D eigenvalue weighted by Gasteiger charge is 2.08. The van der Waals surface area contributed by atoms with Gasteiger partial charge in [0.2, 0.25) is 0 Å². The number of hydrogen-bond donors (Lipinski definition) is 1. The maximum atomic E-state index is 6.04. The first-order valence-corrected chi connectivity index (χ1v) is 8.68. The number of hydrazone groups is 1. The normalized spacial score (nSPS) is 16.9. The molecule has 3 rings (SSSR count). The molecule has 0 radical (unpaired) electrons. The van der Waals surface area contributed by atoms with Crippen LogP contribution >= 0.6 is 11.6 Å². The van der Waals surface area contributed by atoms with Gasteiger partial charge < -0.3 is 5.32 Å². The van der Waals surface area contributed by atoms with E-state index in [1.807, 2.05) is 36.7 Å². The van der Waals surface area contributed by atoms with Crippen molar-refractivity contribution in [1.29, 1.82) is 0 Å². The lowest BCUT2D eigenvalue weighted by Crippen LogP contribution is -2.25. The summed E-state index contributed by atoms with van der Waals surface area (Å²) in [5.74, 6) is 0. The van der Waals surface area contributed by atoms with Crippen LogP contribution in [0.15, 0.2) is 35.6 Å². The third-order valence-electron chi connectivity index (χ3n) is 4.14. The zero-order valence-corrected chi connectivity index (χ0v) is 14.3. The number of benzene rings is 1. The van der Waals surface area contributed by atoms with Crippen molar-refractivity contribution in [2.45, 2.75) is 38.6 Å². The number of rotatable bonds is 5. The molecular weight excluding hydrogens is 308 g/mol. The quantitative estimate of drug-likeness (QED) is 0.817. The third-order valence-corrected chi connectivity index (χ3v) is 4.38. The summed E-state index contributed by atoms with van der Waals surface area (Å²) in [6.07, 6.45) is 8.60. The number of pyridine rings is 1. The van der Waals surface area contributed by atoms with E-state index in [9.17, 15) is 0 Å². The van der Waals surface area contributed by atoms with Crippen LogP contribution < -0.4 is 5.32 Å². The standard InChI is InChI=1S/C18H23ClN4/c1-14(7-10-21-23-11-3-2-4-12-23)22-17-8-9-20-18-13-15(19)5-6-16(17)18/h5-6,8-10,13-14H,2-4,7,11-12H2,1H3,(H,20,22). The molecule has 2 heterocycles. The van der Waals surface area contributed by atoms with Crippen molar-refractivity contribution in [1.82, 2.24) is 9.99 Å². The summed E-state index contributed by atoms with van der Waals surface area (Å²) in [4.78, 5) is 4.38. The van der Waals surface area contributed by atoms with E-state index < -0.39 is 0 Å². The molecule has 1 aromatic carbocycles. The lowest BCUT2D eigenvalue weighted by Gasteiger charge is -2.23. The molecule has 0 saturated carbocycles. The molecule has 1 N–H and O–H groups in total. The Morgan fingerprint density at radius 1 is 1.30 bits per heavy atom. The predicted molar refractivity (Wildman–Crippen MR) is 98.4 cm³/mol. The molecule has 0 bridgehead atoms. The molecule has 1 unspecified atom stereocenters. The largest absolute Gasteiger partial charge is 0.382 e. The summed E-state index contributed by atoms with van der Waals surface area (Å²) in [7, 11) is 0. The van der Waals surface area contributed by atoms with Crippen LogP contribution in [-0.4, -0.2) is 35.3 Å². The first-order valence-electron chi connectivity index (χ1n) is 8.30. The van der Waals surface area contributed by atoms with Crippen LogP contribution in [0.4, 0.5) is 5.69 Å². The molecule has 1 aromatic heterocycles. The lowest BCUT2D eigenvalue weighted by molar-refractivity contribution is 0.240. The van der Waals surface area contributed by atoms with Crippen molar-refractivity contribution in [3.8, 4) is 0 Å². The van der Waals surface area contributed by atoms with Gasteiger partial charge in [0.25, 0.3) is 0 Å². The Balaban J connectivity index is 1.61. The average Bonchev–Trinajstić information content (AvgIpc) is 2.56. The topological polar surface area (TPSA) is 40.5 Å². The summed E-state index contributed by atoms with van der Waals surface area (Å²) in [6.45, 7) is 4.35. The van der Waals surface area contributed by atoms with Crippen molar-refractivity contribution in [3.63, 3.8) is 0 Å². The number of aromatic nitrogens is 1. The van der Waals surface area contributed by atoms with Gasteiger partial charge >= 0.3 is 0 Å². The van der Waals surface area contributed by atoms with Crippen molar-refractivity contribution in [2.24, 2.45) is 5.10 Å². The van der Waals surface area contributed by atoms with Gasteiger partial charge in [-0.05, 0) is 50.5 Å². The van der Waals surface area contributed by atoms with E-state index in [0.717, 1.165) is 36.1 Å². The summed E-state index contributed by atoms with van der Waals surface area (Å²) >= 11 is 6.04. The number of anilines is 1. The fraction of sp³-hybridized carbons (Fsp3) is 0.444. The number of nitrogens with zero attached hydrogens (tertiary/aromatic N) is 3. The second-order valence-electron chi connectivity index (χ2n) is 6.11. The first-order chi connectivity index (χ1) is 11.2. The van der Waals surface area contributed by atoms with Gasteiger partial charge in [-0.3, -0.25) is 9.99 Å². The van der Waals surface area contributed by atoms with Crippen LogP contribution in [-0.2, 0) is 0 Å². The molecule has 2 aromatic rings. The third kappa shape index (κ3) is 4.35. The molecule has 23 heavy (non-hydrogen) atoms. The molecule has 1 aliphatic heterocycles. The number of nitrogens with one attached hydrogen (secondary N) is 1. The van der Waals surface area contributed by atoms with Crippen molar-refractivity contribution in [3.05, 3.63) is 35.5 Å². The Morgan fingerprint density at radius 3 is 2.96 bits per heavy atom. The fourth-order valence-electron chi connectivity index (χ4n) is 2.88. The van der Waals surface area contributed by atoms with Crippen molar-refractivity contribution >= 4 is 34.4 Å². The molecule has 1 saturated heterocycles. The van der Waals surface area contributed by atoms with Gasteiger partial charge in [0.1, 0.15) is 0 Å². The second kappa shape index (κ2) is 7.64. The van der Waals surface area contributed by atoms with Gasteiger partial charge in [0, 0.05) is 54.1 Å². The Hall–Kier alpha value is -1.81. The van der Waals surface area contributed by atoms with Crippen LogP contribution in [0.1, 0.15) is 32.6 Å². The minimum atomic E-state index is 0.310. The van der Waals surface area contributed by atoms with E-state index in [0.29, 0.717) is 11.1 Å². The van der Waals surface area contributed by atoms with E-state index in [-0.39, 0.29) is 0 Å². The maximum absolute atomic E-state index is 6.04. The molecule has 4 nitrogen and oxygen atoms in total. The van der Waals surface area contributed by atoms with Crippen molar-refractivity contribution in [2.75, 3.05) is 18.4 Å². The lowest BCUT2D eigenvalue weighted by atomic mass is 10.1. The zero-order chi connectivity index (χ0) is 16.1. The van der Waals surface area contributed by atoms with E-state index in [1.54, 1.807) is 0 Å². The van der Waals surface area contributed by atoms with Gasteiger partial charge in [-0.2, -0.15) is 5.10 Å². The highest BCUT2D eigenvalue weighted by molar-refractivity contribution is 6.31.